The van der Waals surface area contributed by atoms with Crippen molar-refractivity contribution < 1.29 is 8.42 Å². The lowest BCUT2D eigenvalue weighted by atomic mass is 10.2. The Labute approximate surface area is 141 Å². The maximum absolute atomic E-state index is 13.2. The Morgan fingerprint density at radius 1 is 0.875 bits per heavy atom. The fraction of sp³-hybridized carbons (Fsp3) is 0.222. The first-order chi connectivity index (χ1) is 11.7. The van der Waals surface area contributed by atoms with Gasteiger partial charge in [-0.1, -0.05) is 36.4 Å². The van der Waals surface area contributed by atoms with Crippen molar-refractivity contribution in [3.8, 4) is 0 Å². The van der Waals surface area contributed by atoms with Crippen LogP contribution in [0.15, 0.2) is 64.5 Å². The highest BCUT2D eigenvalue weighted by Crippen LogP contribution is 2.36. The van der Waals surface area contributed by atoms with E-state index >= 15 is 0 Å². The molecule has 0 saturated carbocycles. The molecule has 0 aliphatic carbocycles. The molecule has 0 atom stereocenters. The lowest BCUT2D eigenvalue weighted by molar-refractivity contribution is 0.579. The summed E-state index contributed by atoms with van der Waals surface area (Å²) >= 11 is 0. The highest BCUT2D eigenvalue weighted by molar-refractivity contribution is 7.91. The number of para-hydroxylation sites is 1. The van der Waals surface area contributed by atoms with Crippen molar-refractivity contribution in [2.45, 2.75) is 9.92 Å². The Bertz CT molecular complexity index is 958. The maximum Gasteiger partial charge on any atom is 0.223 e. The number of fused-ring (bicyclic) bond motifs is 1. The summed E-state index contributed by atoms with van der Waals surface area (Å²) in [5.74, 6) is 0. The summed E-state index contributed by atoms with van der Waals surface area (Å²) in [7, 11) is -3.60. The van der Waals surface area contributed by atoms with Gasteiger partial charge in [-0.05, 0) is 18.2 Å². The van der Waals surface area contributed by atoms with E-state index in [1.54, 1.807) is 24.3 Å². The van der Waals surface area contributed by atoms with Crippen molar-refractivity contribution in [3.63, 3.8) is 0 Å². The number of aromatic nitrogens is 1. The number of sulfone groups is 1. The molecule has 1 saturated heterocycles. The van der Waals surface area contributed by atoms with E-state index in [0.29, 0.717) is 4.90 Å². The van der Waals surface area contributed by atoms with Crippen LogP contribution in [0.1, 0.15) is 0 Å². The number of rotatable bonds is 3. The van der Waals surface area contributed by atoms with Gasteiger partial charge in [0, 0.05) is 37.1 Å². The van der Waals surface area contributed by atoms with Crippen LogP contribution in [0.3, 0.4) is 0 Å². The molecule has 0 bridgehead atoms. The van der Waals surface area contributed by atoms with E-state index in [0.717, 1.165) is 42.8 Å². The van der Waals surface area contributed by atoms with Gasteiger partial charge < -0.3 is 15.2 Å². The molecule has 0 amide bonds. The number of piperazine rings is 1. The molecule has 0 radical (unpaired) electrons. The van der Waals surface area contributed by atoms with E-state index in [1.807, 2.05) is 30.3 Å². The molecule has 1 fully saturated rings. The fourth-order valence-corrected chi connectivity index (χ4v) is 4.71. The molecule has 6 heteroatoms. The number of aromatic amines is 1. The van der Waals surface area contributed by atoms with Gasteiger partial charge in [-0.3, -0.25) is 0 Å². The summed E-state index contributed by atoms with van der Waals surface area (Å²) in [6.45, 7) is 3.28. The molecular formula is C18H19N3O2S. The summed E-state index contributed by atoms with van der Waals surface area (Å²) in [6, 6.07) is 16.4. The summed E-state index contributed by atoms with van der Waals surface area (Å²) in [4.78, 5) is 5.62. The number of H-pyrrole nitrogens is 1. The van der Waals surface area contributed by atoms with E-state index in [2.05, 4.69) is 15.2 Å². The second-order valence-corrected chi connectivity index (χ2v) is 7.79. The standard InChI is InChI=1S/C18H19N3O2S/c22-24(23,14-6-2-1-3-7-14)18-17(21-12-10-19-11-13-21)15-8-4-5-9-16(15)20-18/h1-9,19-20H,10-13H2. The van der Waals surface area contributed by atoms with Gasteiger partial charge in [0.05, 0.1) is 10.6 Å². The van der Waals surface area contributed by atoms with Crippen LogP contribution in [0.2, 0.25) is 0 Å². The molecule has 1 aromatic heterocycles. The summed E-state index contributed by atoms with van der Waals surface area (Å²) in [5.41, 5.74) is 1.64. The van der Waals surface area contributed by atoms with Crippen molar-refractivity contribution >= 4 is 26.4 Å². The molecule has 1 aliphatic rings. The van der Waals surface area contributed by atoms with Crippen molar-refractivity contribution in [2.24, 2.45) is 0 Å². The maximum atomic E-state index is 13.2. The molecular weight excluding hydrogens is 322 g/mol. The van der Waals surface area contributed by atoms with Crippen LogP contribution in [0.25, 0.3) is 10.9 Å². The van der Waals surface area contributed by atoms with Gasteiger partial charge in [0.25, 0.3) is 0 Å². The zero-order chi connectivity index (χ0) is 16.6. The monoisotopic (exact) mass is 341 g/mol. The average Bonchev–Trinajstić information content (AvgIpc) is 3.03. The topological polar surface area (TPSA) is 65.2 Å². The number of hydrogen-bond acceptors (Lipinski definition) is 4. The Morgan fingerprint density at radius 2 is 1.54 bits per heavy atom. The van der Waals surface area contributed by atoms with Crippen LogP contribution in [0, 0.1) is 0 Å². The van der Waals surface area contributed by atoms with Crippen LogP contribution >= 0.6 is 0 Å². The minimum atomic E-state index is -3.60. The Morgan fingerprint density at radius 3 is 2.29 bits per heavy atom. The van der Waals surface area contributed by atoms with Gasteiger partial charge in [-0.25, -0.2) is 8.42 Å². The van der Waals surface area contributed by atoms with Gasteiger partial charge in [-0.15, -0.1) is 0 Å². The smallest absolute Gasteiger partial charge is 0.223 e. The lowest BCUT2D eigenvalue weighted by Gasteiger charge is -2.29. The minimum absolute atomic E-state index is 0.289. The van der Waals surface area contributed by atoms with E-state index in [1.165, 1.54) is 0 Å². The lowest BCUT2D eigenvalue weighted by Crippen LogP contribution is -2.43. The molecule has 0 unspecified atom stereocenters. The molecule has 3 aromatic rings. The van der Waals surface area contributed by atoms with E-state index in [4.69, 9.17) is 0 Å². The van der Waals surface area contributed by atoms with Crippen LogP contribution in [-0.4, -0.2) is 39.6 Å². The van der Waals surface area contributed by atoms with Gasteiger partial charge in [-0.2, -0.15) is 0 Å². The third-order valence-corrected chi connectivity index (χ3v) is 6.13. The van der Waals surface area contributed by atoms with E-state index in [-0.39, 0.29) is 5.03 Å². The molecule has 24 heavy (non-hydrogen) atoms. The first-order valence-electron chi connectivity index (χ1n) is 8.04. The van der Waals surface area contributed by atoms with Gasteiger partial charge in [0.15, 0.2) is 5.03 Å². The van der Waals surface area contributed by atoms with E-state index in [9.17, 15) is 8.42 Å². The summed E-state index contributed by atoms with van der Waals surface area (Å²) in [5, 5.41) is 4.55. The summed E-state index contributed by atoms with van der Waals surface area (Å²) in [6.07, 6.45) is 0. The van der Waals surface area contributed by atoms with Crippen LogP contribution in [0.5, 0.6) is 0 Å². The predicted molar refractivity (Wildman–Crippen MR) is 95.3 cm³/mol. The normalized spacial score (nSPS) is 15.8. The Hall–Kier alpha value is -2.31. The highest BCUT2D eigenvalue weighted by Gasteiger charge is 2.28. The largest absolute Gasteiger partial charge is 0.366 e. The first kappa shape index (κ1) is 15.2. The highest BCUT2D eigenvalue weighted by atomic mass is 32.2. The van der Waals surface area contributed by atoms with Crippen LogP contribution in [-0.2, 0) is 9.84 Å². The van der Waals surface area contributed by atoms with Crippen molar-refractivity contribution in [1.82, 2.24) is 10.3 Å². The Balaban J connectivity index is 1.95. The summed E-state index contributed by atoms with van der Waals surface area (Å²) < 4.78 is 26.4. The molecule has 2 heterocycles. The average molecular weight is 341 g/mol. The van der Waals surface area contributed by atoms with Gasteiger partial charge in [0.1, 0.15) is 0 Å². The SMILES string of the molecule is O=S(=O)(c1ccccc1)c1[nH]c2ccccc2c1N1CCNCC1. The number of anilines is 1. The van der Waals surface area contributed by atoms with Crippen LogP contribution < -0.4 is 10.2 Å². The van der Waals surface area contributed by atoms with E-state index < -0.39 is 9.84 Å². The molecule has 1 aliphatic heterocycles. The molecule has 124 valence electrons. The van der Waals surface area contributed by atoms with Gasteiger partial charge in [0.2, 0.25) is 9.84 Å². The molecule has 5 nitrogen and oxygen atoms in total. The zero-order valence-electron chi connectivity index (χ0n) is 13.2. The second-order valence-electron chi connectivity index (χ2n) is 5.90. The van der Waals surface area contributed by atoms with Gasteiger partial charge >= 0.3 is 0 Å². The van der Waals surface area contributed by atoms with Crippen molar-refractivity contribution in [2.75, 3.05) is 31.1 Å². The quantitative estimate of drug-likeness (QED) is 0.768. The second kappa shape index (κ2) is 5.96. The zero-order valence-corrected chi connectivity index (χ0v) is 14.0. The third kappa shape index (κ3) is 2.48. The molecule has 4 rings (SSSR count). The van der Waals surface area contributed by atoms with Crippen molar-refractivity contribution in [3.05, 3.63) is 54.6 Å². The molecule has 2 aromatic carbocycles. The van der Waals surface area contributed by atoms with Crippen LogP contribution in [0.4, 0.5) is 5.69 Å². The first-order valence-corrected chi connectivity index (χ1v) is 9.53. The predicted octanol–water partition coefficient (Wildman–Crippen LogP) is 2.41. The van der Waals surface area contributed by atoms with Crippen molar-refractivity contribution in [1.29, 1.82) is 0 Å². The molecule has 0 spiro atoms. The third-order valence-electron chi connectivity index (χ3n) is 4.40. The number of nitrogens with zero attached hydrogens (tertiary/aromatic N) is 1. The fourth-order valence-electron chi connectivity index (χ4n) is 3.22. The number of benzene rings is 2. The minimum Gasteiger partial charge on any atom is -0.366 e. The number of nitrogens with one attached hydrogen (secondary N) is 2. The Kier molecular flexibility index (Phi) is 3.78. The number of hydrogen-bond donors (Lipinski definition) is 2. The molecule has 2 N–H and O–H groups in total.